The summed E-state index contributed by atoms with van der Waals surface area (Å²) in [6.07, 6.45) is -1.04. The van der Waals surface area contributed by atoms with Gasteiger partial charge in [-0.2, -0.15) is 0 Å². The van der Waals surface area contributed by atoms with E-state index in [4.69, 9.17) is 9.47 Å². The predicted molar refractivity (Wildman–Crippen MR) is 72.9 cm³/mol. The Bertz CT molecular complexity index is 471. The fraction of sp³-hybridized carbons (Fsp3) is 0.538. The number of rotatable bonds is 5. The molecule has 0 N–H and O–H groups in total. The number of thioether (sulfide) groups is 1. The van der Waals surface area contributed by atoms with Gasteiger partial charge in [0, 0.05) is 5.75 Å². The van der Waals surface area contributed by atoms with Crippen LogP contribution in [-0.4, -0.2) is 41.9 Å². The molecule has 0 spiro atoms. The van der Waals surface area contributed by atoms with E-state index in [-0.39, 0.29) is 24.1 Å². The quantitative estimate of drug-likeness (QED) is 0.608. The van der Waals surface area contributed by atoms with Crippen LogP contribution in [0.25, 0.3) is 0 Å². The zero-order chi connectivity index (χ0) is 13.9. The molecule has 20 heavy (non-hydrogen) atoms. The van der Waals surface area contributed by atoms with Crippen LogP contribution in [0.3, 0.4) is 0 Å². The van der Waals surface area contributed by atoms with Crippen molar-refractivity contribution in [2.45, 2.75) is 29.3 Å². The third-order valence-corrected chi connectivity index (χ3v) is 4.82. The third-order valence-electron chi connectivity index (χ3n) is 3.49. The van der Waals surface area contributed by atoms with Crippen LogP contribution < -0.4 is 0 Å². The molecule has 2 aliphatic heterocycles. The molecule has 1 aromatic carbocycles. The lowest BCUT2D eigenvalue weighted by Crippen LogP contribution is -2.33. The van der Waals surface area contributed by atoms with Crippen molar-refractivity contribution in [3.63, 3.8) is 0 Å². The standard InChI is InChI=1S/C13H15NO5S/c15-14(16)19-10-6-17-13-11(7-18-12(10)13)20-8-9-4-2-1-3-5-9/h1-5,10-13H,6-8H2/t10-,11+,12-,13-/m1/s1. The van der Waals surface area contributed by atoms with E-state index in [1.807, 2.05) is 18.2 Å². The molecule has 0 bridgehead atoms. The first kappa shape index (κ1) is 13.7. The first-order valence-electron chi connectivity index (χ1n) is 6.44. The van der Waals surface area contributed by atoms with Crippen molar-refractivity contribution in [1.82, 2.24) is 0 Å². The molecule has 2 saturated heterocycles. The van der Waals surface area contributed by atoms with Gasteiger partial charge in [0.15, 0.2) is 6.10 Å². The van der Waals surface area contributed by atoms with Gasteiger partial charge in [0.25, 0.3) is 5.09 Å². The van der Waals surface area contributed by atoms with Crippen LogP contribution in [0, 0.1) is 10.1 Å². The van der Waals surface area contributed by atoms with Crippen molar-refractivity contribution in [2.75, 3.05) is 13.2 Å². The van der Waals surface area contributed by atoms with Crippen molar-refractivity contribution in [1.29, 1.82) is 0 Å². The maximum Gasteiger partial charge on any atom is 0.294 e. The summed E-state index contributed by atoms with van der Waals surface area (Å²) >= 11 is 1.76. The van der Waals surface area contributed by atoms with E-state index in [0.29, 0.717) is 6.61 Å². The average Bonchev–Trinajstić information content (AvgIpc) is 3.01. The van der Waals surface area contributed by atoms with Crippen LogP contribution in [-0.2, 0) is 20.1 Å². The zero-order valence-electron chi connectivity index (χ0n) is 10.7. The molecule has 4 atom stereocenters. The third kappa shape index (κ3) is 2.89. The van der Waals surface area contributed by atoms with Crippen molar-refractivity contribution >= 4 is 11.8 Å². The van der Waals surface area contributed by atoms with Gasteiger partial charge in [0.1, 0.15) is 12.2 Å². The van der Waals surface area contributed by atoms with Gasteiger partial charge in [-0.25, -0.2) is 0 Å². The van der Waals surface area contributed by atoms with Gasteiger partial charge in [0.05, 0.1) is 18.5 Å². The molecule has 1 aromatic rings. The fourth-order valence-electron chi connectivity index (χ4n) is 2.55. The molecule has 0 aromatic heterocycles. The first-order valence-corrected chi connectivity index (χ1v) is 7.49. The molecule has 0 aliphatic carbocycles. The molecule has 0 radical (unpaired) electrons. The highest BCUT2D eigenvalue weighted by Crippen LogP contribution is 2.36. The second-order valence-corrected chi connectivity index (χ2v) is 6.03. The highest BCUT2D eigenvalue weighted by molar-refractivity contribution is 7.99. The van der Waals surface area contributed by atoms with Gasteiger partial charge in [-0.15, -0.1) is 21.9 Å². The Balaban J connectivity index is 1.54. The summed E-state index contributed by atoms with van der Waals surface area (Å²) in [7, 11) is 0. The molecule has 0 amide bonds. The van der Waals surface area contributed by atoms with E-state index in [2.05, 4.69) is 17.0 Å². The van der Waals surface area contributed by atoms with Crippen LogP contribution in [0.1, 0.15) is 5.56 Å². The average molecular weight is 297 g/mol. The van der Waals surface area contributed by atoms with Crippen LogP contribution in [0.5, 0.6) is 0 Å². The van der Waals surface area contributed by atoms with Gasteiger partial charge in [-0.3, -0.25) is 0 Å². The summed E-state index contributed by atoms with van der Waals surface area (Å²) in [6, 6.07) is 10.2. The molecule has 0 saturated carbocycles. The maximum absolute atomic E-state index is 10.4. The molecule has 2 fully saturated rings. The molecule has 108 valence electrons. The Hall–Kier alpha value is -1.31. The molecule has 2 aliphatic rings. The van der Waals surface area contributed by atoms with Crippen LogP contribution in [0.15, 0.2) is 30.3 Å². The minimum Gasteiger partial charge on any atom is -0.372 e. The van der Waals surface area contributed by atoms with Crippen molar-refractivity contribution < 1.29 is 19.4 Å². The van der Waals surface area contributed by atoms with E-state index in [9.17, 15) is 10.1 Å². The minimum atomic E-state index is -0.774. The summed E-state index contributed by atoms with van der Waals surface area (Å²) in [5.41, 5.74) is 1.25. The molecule has 7 heteroatoms. The predicted octanol–water partition coefficient (Wildman–Crippen LogP) is 1.66. The first-order chi connectivity index (χ1) is 9.74. The summed E-state index contributed by atoms with van der Waals surface area (Å²) in [4.78, 5) is 15.0. The van der Waals surface area contributed by atoms with Gasteiger partial charge in [-0.1, -0.05) is 30.3 Å². The number of hydrogen-bond donors (Lipinski definition) is 0. The highest BCUT2D eigenvalue weighted by Gasteiger charge is 2.49. The second kappa shape index (κ2) is 5.99. The molecule has 0 unspecified atom stereocenters. The Morgan fingerprint density at radius 2 is 2.00 bits per heavy atom. The van der Waals surface area contributed by atoms with E-state index in [0.717, 1.165) is 5.75 Å². The zero-order valence-corrected chi connectivity index (χ0v) is 11.5. The minimum absolute atomic E-state index is 0.117. The lowest BCUT2D eigenvalue weighted by atomic mass is 10.1. The van der Waals surface area contributed by atoms with Crippen molar-refractivity contribution in [3.05, 3.63) is 46.0 Å². The van der Waals surface area contributed by atoms with E-state index in [1.165, 1.54) is 5.56 Å². The normalized spacial score (nSPS) is 32.0. The van der Waals surface area contributed by atoms with Gasteiger partial charge < -0.3 is 14.3 Å². The Kier molecular flexibility index (Phi) is 4.09. The summed E-state index contributed by atoms with van der Waals surface area (Å²) < 4.78 is 11.2. The van der Waals surface area contributed by atoms with E-state index >= 15 is 0 Å². The number of nitrogens with zero attached hydrogens (tertiary/aromatic N) is 1. The summed E-state index contributed by atoms with van der Waals surface area (Å²) in [6.45, 7) is 0.767. The largest absolute Gasteiger partial charge is 0.372 e. The van der Waals surface area contributed by atoms with Crippen molar-refractivity contribution in [2.24, 2.45) is 0 Å². The lowest BCUT2D eigenvalue weighted by molar-refractivity contribution is -0.769. The van der Waals surface area contributed by atoms with Crippen LogP contribution >= 0.6 is 11.8 Å². The van der Waals surface area contributed by atoms with Crippen molar-refractivity contribution in [3.8, 4) is 0 Å². The Morgan fingerprint density at radius 1 is 1.25 bits per heavy atom. The smallest absolute Gasteiger partial charge is 0.294 e. The number of fused-ring (bicyclic) bond motifs is 1. The highest BCUT2D eigenvalue weighted by atomic mass is 32.2. The number of ether oxygens (including phenoxy) is 2. The monoisotopic (exact) mass is 297 g/mol. The topological polar surface area (TPSA) is 70.8 Å². The molecular weight excluding hydrogens is 282 g/mol. The molecule has 2 heterocycles. The van der Waals surface area contributed by atoms with Gasteiger partial charge in [-0.05, 0) is 5.56 Å². The van der Waals surface area contributed by atoms with E-state index < -0.39 is 11.2 Å². The molecular formula is C13H15NO5S. The van der Waals surface area contributed by atoms with E-state index in [1.54, 1.807) is 11.8 Å². The number of benzene rings is 1. The van der Waals surface area contributed by atoms with Crippen LogP contribution in [0.2, 0.25) is 0 Å². The van der Waals surface area contributed by atoms with Gasteiger partial charge in [0.2, 0.25) is 0 Å². The fourth-order valence-corrected chi connectivity index (χ4v) is 3.75. The summed E-state index contributed by atoms with van der Waals surface area (Å²) in [5, 5.41) is 9.82. The lowest BCUT2D eigenvalue weighted by Gasteiger charge is -2.15. The Labute approximate surface area is 120 Å². The maximum atomic E-state index is 10.4. The number of hydrogen-bond acceptors (Lipinski definition) is 6. The van der Waals surface area contributed by atoms with Crippen LogP contribution in [0.4, 0.5) is 0 Å². The summed E-state index contributed by atoms with van der Waals surface area (Å²) in [5.74, 6) is 0.877. The Morgan fingerprint density at radius 3 is 2.75 bits per heavy atom. The molecule has 3 rings (SSSR count). The van der Waals surface area contributed by atoms with Gasteiger partial charge >= 0.3 is 0 Å². The molecule has 6 nitrogen and oxygen atoms in total. The second-order valence-electron chi connectivity index (χ2n) is 4.80. The SMILES string of the molecule is O=[N+]([O-])O[C@@H]1CO[C@H]2[C@@H]1OC[C@@H]2SCc1ccccc1.